The molecule has 0 saturated carbocycles. The molecule has 1 aromatic heterocycles. The summed E-state index contributed by atoms with van der Waals surface area (Å²) in [5.74, 6) is -0.119. The van der Waals surface area contributed by atoms with Crippen LogP contribution >= 0.6 is 0 Å². The fourth-order valence-corrected chi connectivity index (χ4v) is 5.14. The van der Waals surface area contributed by atoms with Crippen LogP contribution in [0.1, 0.15) is 65.4 Å². The molecule has 1 heterocycles. The molecular weight excluding hydrogens is 488 g/mol. The number of para-hydroxylation sites is 1. The van der Waals surface area contributed by atoms with Crippen LogP contribution in [0, 0.1) is 0 Å². The van der Waals surface area contributed by atoms with Gasteiger partial charge in [0.2, 0.25) is 11.8 Å². The van der Waals surface area contributed by atoms with Gasteiger partial charge in [-0.3, -0.25) is 14.5 Å². The fourth-order valence-electron chi connectivity index (χ4n) is 5.14. The molecule has 3 N–H and O–H groups in total. The second kappa shape index (κ2) is 15.2. The minimum atomic E-state index is -0.607. The quantitative estimate of drug-likeness (QED) is 0.220. The van der Waals surface area contributed by atoms with Crippen molar-refractivity contribution in [3.8, 4) is 11.3 Å². The molecule has 0 spiro atoms. The summed E-state index contributed by atoms with van der Waals surface area (Å²) in [6.45, 7) is 9.53. The van der Waals surface area contributed by atoms with Gasteiger partial charge < -0.3 is 20.4 Å². The van der Waals surface area contributed by atoms with Crippen molar-refractivity contribution in [1.82, 2.24) is 20.5 Å². The van der Waals surface area contributed by atoms with Crippen molar-refractivity contribution in [2.24, 2.45) is 0 Å². The third kappa shape index (κ3) is 8.52. The summed E-state index contributed by atoms with van der Waals surface area (Å²) in [6, 6.07) is 17.5. The van der Waals surface area contributed by atoms with Crippen LogP contribution in [0.25, 0.3) is 22.2 Å². The first-order valence-electron chi connectivity index (χ1n) is 14.3. The summed E-state index contributed by atoms with van der Waals surface area (Å²) < 4.78 is 0. The Morgan fingerprint density at radius 1 is 0.897 bits per heavy atom. The van der Waals surface area contributed by atoms with Crippen LogP contribution in [0.2, 0.25) is 0 Å². The predicted octanol–water partition coefficient (Wildman–Crippen LogP) is 5.25. The number of aromatic nitrogens is 1. The zero-order chi connectivity index (χ0) is 28.2. The molecule has 2 atom stereocenters. The van der Waals surface area contributed by atoms with Crippen molar-refractivity contribution < 1.29 is 14.4 Å². The molecule has 2 aromatic carbocycles. The van der Waals surface area contributed by atoms with E-state index in [-0.39, 0.29) is 23.6 Å². The number of Topliss-reactive ketones (excluding diaryl/α,β-unsaturated/α-hetero) is 1. The Balaban J connectivity index is 1.68. The van der Waals surface area contributed by atoms with Crippen molar-refractivity contribution in [2.45, 2.75) is 78.3 Å². The number of hydrogen-bond donors (Lipinski definition) is 3. The van der Waals surface area contributed by atoms with E-state index in [0.29, 0.717) is 25.8 Å². The van der Waals surface area contributed by atoms with Crippen LogP contribution < -0.4 is 10.6 Å². The summed E-state index contributed by atoms with van der Waals surface area (Å²) in [7, 11) is 0. The highest BCUT2D eigenvalue weighted by molar-refractivity contribution is 5.91. The molecule has 2 amide bonds. The highest BCUT2D eigenvalue weighted by atomic mass is 16.2. The number of fused-ring (bicyclic) bond motifs is 1. The lowest BCUT2D eigenvalue weighted by Gasteiger charge is -2.27. The molecule has 0 aliphatic heterocycles. The molecule has 7 nitrogen and oxygen atoms in total. The molecule has 0 fully saturated rings. The van der Waals surface area contributed by atoms with Gasteiger partial charge in [-0.25, -0.2) is 0 Å². The Bertz CT molecular complexity index is 1220. The Morgan fingerprint density at radius 3 is 2.28 bits per heavy atom. The van der Waals surface area contributed by atoms with Crippen molar-refractivity contribution in [1.29, 1.82) is 0 Å². The number of ketones is 1. The van der Waals surface area contributed by atoms with Gasteiger partial charge >= 0.3 is 0 Å². The van der Waals surface area contributed by atoms with E-state index in [1.54, 1.807) is 6.92 Å². The predicted molar refractivity (Wildman–Crippen MR) is 159 cm³/mol. The third-order valence-electron chi connectivity index (χ3n) is 7.44. The van der Waals surface area contributed by atoms with Gasteiger partial charge in [-0.1, -0.05) is 75.2 Å². The van der Waals surface area contributed by atoms with E-state index in [2.05, 4.69) is 44.8 Å². The lowest BCUT2D eigenvalue weighted by molar-refractivity contribution is -0.131. The summed E-state index contributed by atoms with van der Waals surface area (Å²) in [6.07, 6.45) is 4.18. The molecule has 0 aliphatic rings. The van der Waals surface area contributed by atoms with E-state index in [1.807, 2.05) is 51.1 Å². The summed E-state index contributed by atoms with van der Waals surface area (Å²) in [5.41, 5.74) is 4.40. The van der Waals surface area contributed by atoms with Crippen molar-refractivity contribution in [3.63, 3.8) is 0 Å². The Morgan fingerprint density at radius 2 is 1.59 bits per heavy atom. The molecule has 7 heteroatoms. The van der Waals surface area contributed by atoms with Gasteiger partial charge in [-0.05, 0) is 63.4 Å². The molecule has 210 valence electrons. The molecule has 3 rings (SSSR count). The van der Waals surface area contributed by atoms with E-state index >= 15 is 0 Å². The maximum atomic E-state index is 13.3. The van der Waals surface area contributed by atoms with E-state index in [1.165, 1.54) is 0 Å². The molecule has 3 aromatic rings. The maximum absolute atomic E-state index is 13.3. The number of carbonyl (C=O) groups excluding carboxylic acids is 3. The van der Waals surface area contributed by atoms with Gasteiger partial charge in [-0.2, -0.15) is 0 Å². The minimum Gasteiger partial charge on any atom is -0.354 e. The molecule has 0 aliphatic carbocycles. The Kier molecular flexibility index (Phi) is 11.7. The van der Waals surface area contributed by atoms with Crippen LogP contribution in [0.4, 0.5) is 0 Å². The summed E-state index contributed by atoms with van der Waals surface area (Å²) in [4.78, 5) is 43.2. The van der Waals surface area contributed by atoms with Crippen LogP contribution in [-0.2, 0) is 20.8 Å². The standard InChI is InChI=1S/C32H44N4O3/c1-5-36(6-2)24(4)31(38)35-29(20-12-7-9-15-23(3)37)32(39)33-22-21-27-26-18-13-14-19-28(26)34-30(27)25-16-10-8-11-17-25/h8,10-11,13-14,16-19,24,29,34H,5-7,9,12,15,20-22H2,1-4H3,(H,33,39)(H,35,38)/t24?,29-/m0/s1. The molecule has 1 unspecified atom stereocenters. The first-order valence-corrected chi connectivity index (χ1v) is 14.3. The van der Waals surface area contributed by atoms with Crippen molar-refractivity contribution >= 4 is 28.5 Å². The van der Waals surface area contributed by atoms with Gasteiger partial charge in [0.05, 0.1) is 6.04 Å². The number of H-pyrrole nitrogens is 1. The highest BCUT2D eigenvalue weighted by Gasteiger charge is 2.25. The number of nitrogens with one attached hydrogen (secondary N) is 3. The van der Waals surface area contributed by atoms with Crippen LogP contribution in [0.3, 0.4) is 0 Å². The molecule has 0 radical (unpaired) electrons. The van der Waals surface area contributed by atoms with Gasteiger partial charge in [0.25, 0.3) is 0 Å². The average molecular weight is 533 g/mol. The van der Waals surface area contributed by atoms with Gasteiger partial charge in [0.15, 0.2) is 0 Å². The summed E-state index contributed by atoms with van der Waals surface area (Å²) in [5, 5.41) is 7.25. The number of amides is 2. The largest absolute Gasteiger partial charge is 0.354 e. The number of aromatic amines is 1. The van der Waals surface area contributed by atoms with E-state index in [0.717, 1.165) is 60.1 Å². The van der Waals surface area contributed by atoms with E-state index in [4.69, 9.17) is 0 Å². The number of likely N-dealkylation sites (N-methyl/N-ethyl adjacent to an activating group) is 1. The number of unbranched alkanes of at least 4 members (excludes halogenated alkanes) is 2. The second-order valence-electron chi connectivity index (χ2n) is 10.2. The highest BCUT2D eigenvalue weighted by Crippen LogP contribution is 2.30. The van der Waals surface area contributed by atoms with Gasteiger partial charge in [0.1, 0.15) is 11.8 Å². The lowest BCUT2D eigenvalue weighted by atomic mass is 10.0. The number of rotatable bonds is 16. The zero-order valence-corrected chi connectivity index (χ0v) is 23.9. The van der Waals surface area contributed by atoms with Crippen molar-refractivity contribution in [2.75, 3.05) is 19.6 Å². The molecule has 0 bridgehead atoms. The zero-order valence-electron chi connectivity index (χ0n) is 23.9. The van der Waals surface area contributed by atoms with Crippen LogP contribution in [-0.4, -0.2) is 59.2 Å². The normalized spacial score (nSPS) is 12.8. The first kappa shape index (κ1) is 30.1. The summed E-state index contributed by atoms with van der Waals surface area (Å²) >= 11 is 0. The van der Waals surface area contributed by atoms with Gasteiger partial charge in [-0.15, -0.1) is 0 Å². The Hall–Kier alpha value is -3.45. The van der Waals surface area contributed by atoms with Gasteiger partial charge in [0, 0.05) is 29.6 Å². The number of carbonyl (C=O) groups is 3. The topological polar surface area (TPSA) is 94.3 Å². The van der Waals surface area contributed by atoms with E-state index in [9.17, 15) is 14.4 Å². The van der Waals surface area contributed by atoms with E-state index < -0.39 is 6.04 Å². The number of benzene rings is 2. The number of hydrogen-bond acceptors (Lipinski definition) is 4. The monoisotopic (exact) mass is 532 g/mol. The van der Waals surface area contributed by atoms with Crippen molar-refractivity contribution in [3.05, 3.63) is 60.2 Å². The third-order valence-corrected chi connectivity index (χ3v) is 7.44. The SMILES string of the molecule is CCN(CC)C(C)C(=O)N[C@@H](CCCCCC(C)=O)C(=O)NCCc1c(-c2ccccc2)[nH]c2ccccc12. The van der Waals surface area contributed by atoms with Crippen LogP contribution in [0.5, 0.6) is 0 Å². The average Bonchev–Trinajstić information content (AvgIpc) is 3.31. The first-order chi connectivity index (χ1) is 18.8. The molecular formula is C32H44N4O3. The molecule has 39 heavy (non-hydrogen) atoms. The maximum Gasteiger partial charge on any atom is 0.242 e. The van der Waals surface area contributed by atoms with Crippen LogP contribution in [0.15, 0.2) is 54.6 Å². The second-order valence-corrected chi connectivity index (χ2v) is 10.2. The molecule has 0 saturated heterocycles. The number of nitrogens with zero attached hydrogens (tertiary/aromatic N) is 1. The lowest BCUT2D eigenvalue weighted by Crippen LogP contribution is -2.53. The Labute approximate surface area is 232 Å². The minimum absolute atomic E-state index is 0.134. The fraction of sp³-hybridized carbons (Fsp3) is 0.469. The smallest absolute Gasteiger partial charge is 0.242 e.